The van der Waals surface area contributed by atoms with Crippen LogP contribution in [0.25, 0.3) is 6.08 Å². The molecule has 0 saturated carbocycles. The maximum absolute atomic E-state index is 12.7. The first-order chi connectivity index (χ1) is 14.8. The summed E-state index contributed by atoms with van der Waals surface area (Å²) >= 11 is 6.31. The van der Waals surface area contributed by atoms with Crippen molar-refractivity contribution in [3.63, 3.8) is 0 Å². The number of thioether (sulfide) groups is 1. The van der Waals surface area contributed by atoms with Crippen molar-refractivity contribution in [1.82, 2.24) is 15.2 Å². The monoisotopic (exact) mass is 473 g/mol. The summed E-state index contributed by atoms with van der Waals surface area (Å²) in [5, 5.41) is 0. The number of allylic oxidation sites excluding steroid dienone is 2. The van der Waals surface area contributed by atoms with E-state index in [2.05, 4.69) is 5.43 Å². The lowest BCUT2D eigenvalue weighted by molar-refractivity contribution is -0.129. The van der Waals surface area contributed by atoms with Crippen LogP contribution < -0.4 is 10.3 Å². The molecule has 1 heterocycles. The van der Waals surface area contributed by atoms with Crippen LogP contribution in [0.5, 0.6) is 0 Å². The highest BCUT2D eigenvalue weighted by atomic mass is 32.2. The molecule has 2 aromatic rings. The Hall–Kier alpha value is -2.79. The molecule has 1 saturated heterocycles. The number of amides is 2. The molecule has 31 heavy (non-hydrogen) atoms. The summed E-state index contributed by atoms with van der Waals surface area (Å²) in [6, 6.07) is 17.3. The fourth-order valence-corrected chi connectivity index (χ4v) is 4.85. The van der Waals surface area contributed by atoms with Gasteiger partial charge in [0.05, 0.1) is 9.80 Å². The second kappa shape index (κ2) is 10.0. The van der Waals surface area contributed by atoms with Crippen molar-refractivity contribution in [3.05, 3.63) is 82.8 Å². The molecule has 3 rings (SSSR count). The first kappa shape index (κ1) is 22.9. The van der Waals surface area contributed by atoms with Crippen LogP contribution in [0, 0.1) is 0 Å². The van der Waals surface area contributed by atoms with Crippen molar-refractivity contribution < 1.29 is 18.0 Å². The number of sulfonamides is 1. The van der Waals surface area contributed by atoms with Gasteiger partial charge in [-0.3, -0.25) is 19.9 Å². The second-order valence-electron chi connectivity index (χ2n) is 6.53. The van der Waals surface area contributed by atoms with E-state index >= 15 is 0 Å². The highest BCUT2D eigenvalue weighted by molar-refractivity contribution is 8.26. The lowest BCUT2D eigenvalue weighted by Crippen LogP contribution is -2.47. The van der Waals surface area contributed by atoms with Gasteiger partial charge in [0.2, 0.25) is 0 Å². The summed E-state index contributed by atoms with van der Waals surface area (Å²) in [5.74, 6) is -1.12. The van der Waals surface area contributed by atoms with E-state index in [1.807, 2.05) is 48.2 Å². The topological polar surface area (TPSA) is 95.6 Å². The zero-order valence-electron chi connectivity index (χ0n) is 16.4. The molecule has 10 heteroatoms. The predicted molar refractivity (Wildman–Crippen MR) is 125 cm³/mol. The summed E-state index contributed by atoms with van der Waals surface area (Å²) in [7, 11) is -3.91. The summed E-state index contributed by atoms with van der Waals surface area (Å²) in [6.07, 6.45) is 3.64. The highest BCUT2D eigenvalue weighted by Crippen LogP contribution is 2.31. The van der Waals surface area contributed by atoms with Crippen LogP contribution in [0.4, 0.5) is 0 Å². The van der Waals surface area contributed by atoms with E-state index in [1.54, 1.807) is 24.3 Å². The molecule has 2 aromatic carbocycles. The Labute approximate surface area is 190 Å². The minimum absolute atomic E-state index is 0.00419. The van der Waals surface area contributed by atoms with Gasteiger partial charge in [0, 0.05) is 0 Å². The number of benzene rings is 2. The Bertz CT molecular complexity index is 1160. The Balaban J connectivity index is 1.62. The number of rotatable bonds is 7. The van der Waals surface area contributed by atoms with Gasteiger partial charge >= 0.3 is 0 Å². The van der Waals surface area contributed by atoms with Crippen molar-refractivity contribution in [3.8, 4) is 0 Å². The van der Waals surface area contributed by atoms with Gasteiger partial charge in [0.15, 0.2) is 0 Å². The first-order valence-corrected chi connectivity index (χ1v) is 11.8. The number of hydrogen-bond donors (Lipinski definition) is 2. The van der Waals surface area contributed by atoms with Gasteiger partial charge in [-0.2, -0.15) is 0 Å². The van der Waals surface area contributed by atoms with Gasteiger partial charge in [-0.15, -0.1) is 4.83 Å². The lowest BCUT2D eigenvalue weighted by atomic mass is 10.1. The van der Waals surface area contributed by atoms with Gasteiger partial charge in [-0.25, -0.2) is 8.42 Å². The Morgan fingerprint density at radius 1 is 1.10 bits per heavy atom. The molecule has 0 spiro atoms. The standard InChI is InChI=1S/C21H19N3O4S3/c1-15(12-16-8-4-2-5-9-16)13-18-20(26)24(21(29)30-18)14-19(25)22-23-31(27,28)17-10-6-3-7-11-17/h2-13,23H,14H2,1H3,(H,22,25). The number of hydrazine groups is 1. The van der Waals surface area contributed by atoms with Crippen LogP contribution in [0.15, 0.2) is 82.1 Å². The van der Waals surface area contributed by atoms with E-state index < -0.39 is 28.4 Å². The fourth-order valence-electron chi connectivity index (χ4n) is 2.66. The number of carbonyl (C=O) groups excluding carboxylic acids is 2. The van der Waals surface area contributed by atoms with Crippen LogP contribution in [0.2, 0.25) is 0 Å². The zero-order chi connectivity index (χ0) is 22.4. The van der Waals surface area contributed by atoms with Gasteiger partial charge in [-0.05, 0) is 36.3 Å². The Morgan fingerprint density at radius 2 is 1.71 bits per heavy atom. The molecule has 0 bridgehead atoms. The maximum atomic E-state index is 12.7. The maximum Gasteiger partial charge on any atom is 0.266 e. The predicted octanol–water partition coefficient (Wildman–Crippen LogP) is 2.84. The minimum Gasteiger partial charge on any atom is -0.283 e. The van der Waals surface area contributed by atoms with E-state index in [1.165, 1.54) is 12.1 Å². The fraction of sp³-hybridized carbons (Fsp3) is 0.0952. The van der Waals surface area contributed by atoms with E-state index in [0.717, 1.165) is 27.8 Å². The average molecular weight is 474 g/mol. The first-order valence-electron chi connectivity index (χ1n) is 9.11. The zero-order valence-corrected chi connectivity index (χ0v) is 18.9. The largest absolute Gasteiger partial charge is 0.283 e. The normalized spacial score (nSPS) is 16.1. The lowest BCUT2D eigenvalue weighted by Gasteiger charge is -2.14. The van der Waals surface area contributed by atoms with Crippen molar-refractivity contribution in [2.75, 3.05) is 6.54 Å². The molecule has 160 valence electrons. The van der Waals surface area contributed by atoms with Crippen molar-refractivity contribution in [2.24, 2.45) is 0 Å². The molecule has 2 amide bonds. The summed E-state index contributed by atoms with van der Waals surface area (Å²) < 4.78 is 24.6. The molecule has 1 aliphatic rings. The number of thiocarbonyl (C=S) groups is 1. The van der Waals surface area contributed by atoms with Crippen LogP contribution in [-0.2, 0) is 19.6 Å². The van der Waals surface area contributed by atoms with E-state index in [4.69, 9.17) is 12.2 Å². The number of carbonyl (C=O) groups is 2. The third-order valence-corrected chi connectivity index (χ3v) is 6.75. The molecular formula is C21H19N3O4S3. The molecule has 1 aliphatic heterocycles. The molecule has 0 aliphatic carbocycles. The summed E-state index contributed by atoms with van der Waals surface area (Å²) in [6.45, 7) is 1.46. The van der Waals surface area contributed by atoms with Crippen LogP contribution in [-0.4, -0.2) is 36.0 Å². The molecular weight excluding hydrogens is 454 g/mol. The van der Waals surface area contributed by atoms with Crippen LogP contribution in [0.1, 0.15) is 12.5 Å². The van der Waals surface area contributed by atoms with Crippen molar-refractivity contribution >= 4 is 56.2 Å². The summed E-state index contributed by atoms with van der Waals surface area (Å²) in [4.78, 5) is 28.4. The van der Waals surface area contributed by atoms with E-state index in [-0.39, 0.29) is 9.22 Å². The second-order valence-corrected chi connectivity index (χ2v) is 9.89. The molecule has 1 fully saturated rings. The minimum atomic E-state index is -3.91. The summed E-state index contributed by atoms with van der Waals surface area (Å²) in [5.41, 5.74) is 3.96. The highest BCUT2D eigenvalue weighted by Gasteiger charge is 2.33. The van der Waals surface area contributed by atoms with Crippen molar-refractivity contribution in [2.45, 2.75) is 11.8 Å². The molecule has 2 N–H and O–H groups in total. The van der Waals surface area contributed by atoms with Crippen LogP contribution >= 0.6 is 24.0 Å². The Kier molecular flexibility index (Phi) is 7.39. The van der Waals surface area contributed by atoms with E-state index in [0.29, 0.717) is 4.91 Å². The molecule has 0 unspecified atom stereocenters. The number of nitrogens with one attached hydrogen (secondary N) is 2. The van der Waals surface area contributed by atoms with Gasteiger partial charge in [0.25, 0.3) is 21.8 Å². The number of hydrogen-bond acceptors (Lipinski definition) is 6. The number of nitrogens with zero attached hydrogens (tertiary/aromatic N) is 1. The molecule has 0 radical (unpaired) electrons. The molecule has 7 nitrogen and oxygen atoms in total. The van der Waals surface area contributed by atoms with Gasteiger partial charge < -0.3 is 0 Å². The molecule has 0 aromatic heterocycles. The van der Waals surface area contributed by atoms with E-state index in [9.17, 15) is 18.0 Å². The third-order valence-electron chi connectivity index (χ3n) is 4.11. The van der Waals surface area contributed by atoms with Crippen LogP contribution in [0.3, 0.4) is 0 Å². The van der Waals surface area contributed by atoms with Crippen molar-refractivity contribution in [1.29, 1.82) is 0 Å². The SMILES string of the molecule is CC(=Cc1ccccc1)C=C1SC(=S)N(CC(=O)NNS(=O)(=O)c2ccccc2)C1=O. The third kappa shape index (κ3) is 6.11. The van der Waals surface area contributed by atoms with Gasteiger partial charge in [-0.1, -0.05) is 78.6 Å². The smallest absolute Gasteiger partial charge is 0.266 e. The Morgan fingerprint density at radius 3 is 2.35 bits per heavy atom. The molecule has 0 atom stereocenters. The average Bonchev–Trinajstić information content (AvgIpc) is 3.01. The quantitative estimate of drug-likeness (QED) is 0.365. The van der Waals surface area contributed by atoms with Gasteiger partial charge in [0.1, 0.15) is 10.9 Å².